The maximum atomic E-state index is 5.64. The minimum atomic E-state index is 0.748. The van der Waals surface area contributed by atoms with E-state index in [0.717, 1.165) is 69.7 Å². The Kier molecular flexibility index (Phi) is 9.19. The molecule has 2 rings (SSSR count). The number of nitrogens with one attached hydrogen (secondary N) is 2. The van der Waals surface area contributed by atoms with Gasteiger partial charge in [-0.15, -0.1) is 0 Å². The van der Waals surface area contributed by atoms with Crippen molar-refractivity contribution in [1.29, 1.82) is 0 Å². The predicted octanol–water partition coefficient (Wildman–Crippen LogP) is 3.00. The van der Waals surface area contributed by atoms with Crippen molar-refractivity contribution >= 4 is 5.96 Å². The Hall–Kier alpha value is -1.75. The molecule has 25 heavy (non-hydrogen) atoms. The fraction of sp³-hybridized carbons (Fsp3) is 0.650. The molecule has 5 nitrogen and oxygen atoms in total. The summed E-state index contributed by atoms with van der Waals surface area (Å²) in [6, 6.07) is 8.31. The molecule has 1 aromatic carbocycles. The molecular formula is C20H33N3O2. The van der Waals surface area contributed by atoms with E-state index in [1.54, 1.807) is 7.11 Å². The van der Waals surface area contributed by atoms with Crippen molar-refractivity contribution < 1.29 is 9.47 Å². The molecule has 0 saturated heterocycles. The van der Waals surface area contributed by atoms with Gasteiger partial charge >= 0.3 is 0 Å². The number of rotatable bonds is 12. The predicted molar refractivity (Wildman–Crippen MR) is 103 cm³/mol. The molecule has 0 atom stereocenters. The zero-order chi connectivity index (χ0) is 17.7. The molecule has 5 heteroatoms. The highest BCUT2D eigenvalue weighted by Gasteiger charge is 2.20. The van der Waals surface area contributed by atoms with Crippen molar-refractivity contribution in [1.82, 2.24) is 10.6 Å². The molecule has 0 unspecified atom stereocenters. The van der Waals surface area contributed by atoms with Crippen LogP contribution in [0.15, 0.2) is 29.3 Å². The van der Waals surface area contributed by atoms with E-state index in [-0.39, 0.29) is 0 Å². The van der Waals surface area contributed by atoms with E-state index in [4.69, 9.17) is 9.47 Å². The maximum Gasteiger partial charge on any atom is 0.191 e. The minimum absolute atomic E-state index is 0.748. The van der Waals surface area contributed by atoms with Crippen molar-refractivity contribution in [2.45, 2.75) is 39.0 Å². The lowest BCUT2D eigenvalue weighted by Crippen LogP contribution is -2.39. The summed E-state index contributed by atoms with van der Waals surface area (Å²) in [7, 11) is 1.70. The van der Waals surface area contributed by atoms with Gasteiger partial charge in [-0.1, -0.05) is 12.1 Å². The first-order valence-electron chi connectivity index (χ1n) is 9.54. The van der Waals surface area contributed by atoms with Crippen LogP contribution in [0.5, 0.6) is 5.75 Å². The number of methoxy groups -OCH3 is 1. The average molecular weight is 348 g/mol. The third-order valence-corrected chi connectivity index (χ3v) is 4.24. The van der Waals surface area contributed by atoms with Gasteiger partial charge in [0.05, 0.1) is 13.7 Å². The van der Waals surface area contributed by atoms with Gasteiger partial charge in [-0.2, -0.15) is 0 Å². The average Bonchev–Trinajstić information content (AvgIpc) is 3.46. The fourth-order valence-corrected chi connectivity index (χ4v) is 2.54. The zero-order valence-electron chi connectivity index (χ0n) is 15.7. The highest BCUT2D eigenvalue weighted by Crippen LogP contribution is 2.28. The molecule has 1 saturated carbocycles. The second kappa shape index (κ2) is 11.7. The summed E-state index contributed by atoms with van der Waals surface area (Å²) >= 11 is 0. The van der Waals surface area contributed by atoms with Gasteiger partial charge in [0.25, 0.3) is 0 Å². The lowest BCUT2D eigenvalue weighted by atomic mass is 10.1. The van der Waals surface area contributed by atoms with E-state index < -0.39 is 0 Å². The fourth-order valence-electron chi connectivity index (χ4n) is 2.54. The van der Waals surface area contributed by atoms with E-state index in [2.05, 4.69) is 34.7 Å². The van der Waals surface area contributed by atoms with Crippen LogP contribution in [0.4, 0.5) is 0 Å². The number of benzene rings is 1. The summed E-state index contributed by atoms with van der Waals surface area (Å²) in [6.45, 7) is 6.28. The maximum absolute atomic E-state index is 5.64. The topological polar surface area (TPSA) is 54.9 Å². The lowest BCUT2D eigenvalue weighted by Gasteiger charge is -2.11. The number of ether oxygens (including phenoxy) is 2. The third-order valence-electron chi connectivity index (χ3n) is 4.24. The highest BCUT2D eigenvalue weighted by molar-refractivity contribution is 5.79. The van der Waals surface area contributed by atoms with Crippen LogP contribution in [0.2, 0.25) is 0 Å². The van der Waals surface area contributed by atoms with E-state index in [1.165, 1.54) is 18.4 Å². The van der Waals surface area contributed by atoms with Gasteiger partial charge in [0.1, 0.15) is 5.75 Å². The first-order valence-corrected chi connectivity index (χ1v) is 9.54. The Morgan fingerprint density at radius 3 is 2.64 bits per heavy atom. The molecule has 2 N–H and O–H groups in total. The van der Waals surface area contributed by atoms with Gasteiger partial charge in [-0.05, 0) is 62.6 Å². The van der Waals surface area contributed by atoms with E-state index >= 15 is 0 Å². The molecule has 140 valence electrons. The summed E-state index contributed by atoms with van der Waals surface area (Å²) in [5.74, 6) is 2.63. The number of nitrogens with zero attached hydrogens (tertiary/aromatic N) is 1. The van der Waals surface area contributed by atoms with Gasteiger partial charge in [0.2, 0.25) is 0 Å². The summed E-state index contributed by atoms with van der Waals surface area (Å²) in [5, 5.41) is 6.62. The molecule has 0 bridgehead atoms. The summed E-state index contributed by atoms with van der Waals surface area (Å²) < 4.78 is 10.8. The molecule has 0 heterocycles. The van der Waals surface area contributed by atoms with Crippen LogP contribution in [0, 0.1) is 5.92 Å². The molecule has 0 aliphatic heterocycles. The van der Waals surface area contributed by atoms with Crippen LogP contribution in [0.25, 0.3) is 0 Å². The van der Waals surface area contributed by atoms with Crippen LogP contribution in [0.3, 0.4) is 0 Å². The number of hydrogen-bond acceptors (Lipinski definition) is 3. The van der Waals surface area contributed by atoms with Crippen LogP contribution in [0.1, 0.15) is 38.2 Å². The van der Waals surface area contributed by atoms with Crippen LogP contribution in [-0.4, -0.2) is 45.9 Å². The Morgan fingerprint density at radius 1 is 1.16 bits per heavy atom. The van der Waals surface area contributed by atoms with Gasteiger partial charge in [-0.25, -0.2) is 0 Å². The molecule has 1 aromatic rings. The molecule has 0 radical (unpaired) electrons. The van der Waals surface area contributed by atoms with E-state index in [0.29, 0.717) is 0 Å². The number of hydrogen-bond donors (Lipinski definition) is 2. The highest BCUT2D eigenvalue weighted by atomic mass is 16.5. The van der Waals surface area contributed by atoms with Crippen molar-refractivity contribution in [3.8, 4) is 5.75 Å². The van der Waals surface area contributed by atoms with Crippen molar-refractivity contribution in [3.05, 3.63) is 29.8 Å². The van der Waals surface area contributed by atoms with Gasteiger partial charge in [-0.3, -0.25) is 4.99 Å². The minimum Gasteiger partial charge on any atom is -0.497 e. The molecule has 0 aromatic heterocycles. The number of aliphatic imine (C=N–C) groups is 1. The largest absolute Gasteiger partial charge is 0.497 e. The van der Waals surface area contributed by atoms with Gasteiger partial charge in [0, 0.05) is 26.2 Å². The molecule has 1 aliphatic rings. The number of unbranched alkanes of at least 4 members (excludes halogenated alkanes) is 1. The second-order valence-corrected chi connectivity index (χ2v) is 6.51. The van der Waals surface area contributed by atoms with E-state index in [9.17, 15) is 0 Å². The Bertz CT molecular complexity index is 498. The standard InChI is InChI=1S/C20H33N3O2/c1-3-21-20(23-14-15-25-16-18-7-8-18)22-13-5-4-6-17-9-11-19(24-2)12-10-17/h9-12,18H,3-8,13-16H2,1-2H3,(H2,21,22,23). The van der Waals surface area contributed by atoms with Crippen LogP contribution >= 0.6 is 0 Å². The van der Waals surface area contributed by atoms with Crippen molar-refractivity contribution in [3.63, 3.8) is 0 Å². The number of guanidine groups is 1. The smallest absolute Gasteiger partial charge is 0.191 e. The van der Waals surface area contributed by atoms with Gasteiger partial charge < -0.3 is 20.1 Å². The van der Waals surface area contributed by atoms with Crippen molar-refractivity contribution in [2.24, 2.45) is 10.9 Å². The van der Waals surface area contributed by atoms with Crippen molar-refractivity contribution in [2.75, 3.05) is 40.0 Å². The second-order valence-electron chi connectivity index (χ2n) is 6.51. The molecule has 1 fully saturated rings. The zero-order valence-corrected chi connectivity index (χ0v) is 15.7. The molecule has 0 spiro atoms. The Balaban J connectivity index is 1.56. The Morgan fingerprint density at radius 2 is 1.96 bits per heavy atom. The lowest BCUT2D eigenvalue weighted by molar-refractivity contribution is 0.129. The van der Waals surface area contributed by atoms with Crippen LogP contribution in [-0.2, 0) is 11.2 Å². The van der Waals surface area contributed by atoms with E-state index in [1.807, 2.05) is 12.1 Å². The van der Waals surface area contributed by atoms with Crippen LogP contribution < -0.4 is 15.4 Å². The normalized spacial score (nSPS) is 14.4. The van der Waals surface area contributed by atoms with Gasteiger partial charge in [0.15, 0.2) is 5.96 Å². The first-order chi connectivity index (χ1) is 12.3. The molecule has 1 aliphatic carbocycles. The monoisotopic (exact) mass is 347 g/mol. The quantitative estimate of drug-likeness (QED) is 0.347. The first kappa shape index (κ1) is 19.6. The summed E-state index contributed by atoms with van der Waals surface area (Å²) in [6.07, 6.45) is 5.99. The SMILES string of the molecule is CCNC(=NCCCCc1ccc(OC)cc1)NCCOCC1CC1. The summed E-state index contributed by atoms with van der Waals surface area (Å²) in [5.41, 5.74) is 1.35. The number of aryl methyl sites for hydroxylation is 1. The summed E-state index contributed by atoms with van der Waals surface area (Å²) in [4.78, 5) is 4.64. The Labute approximate surface area is 152 Å². The molecular weight excluding hydrogens is 314 g/mol. The third kappa shape index (κ3) is 8.77. The molecule has 0 amide bonds.